The van der Waals surface area contributed by atoms with Gasteiger partial charge in [0, 0.05) is 28.9 Å². The molecule has 0 spiro atoms. The number of rotatable bonds is 2. The molecule has 118 valence electrons. The van der Waals surface area contributed by atoms with E-state index in [2.05, 4.69) is 0 Å². The maximum Gasteiger partial charge on any atom is 0.252 e. The van der Waals surface area contributed by atoms with Crippen LogP contribution in [0, 0.1) is 11.8 Å². The molecule has 1 aliphatic carbocycles. The van der Waals surface area contributed by atoms with Crippen LogP contribution in [0.5, 0.6) is 0 Å². The molecule has 7 heteroatoms. The van der Waals surface area contributed by atoms with Gasteiger partial charge in [-0.15, -0.1) is 11.3 Å². The third-order valence-corrected chi connectivity index (χ3v) is 8.56. The van der Waals surface area contributed by atoms with Crippen molar-refractivity contribution < 1.29 is 8.42 Å². The van der Waals surface area contributed by atoms with Crippen LogP contribution in [0.15, 0.2) is 28.5 Å². The van der Waals surface area contributed by atoms with Gasteiger partial charge in [-0.2, -0.15) is 4.31 Å². The summed E-state index contributed by atoms with van der Waals surface area (Å²) in [5.41, 5.74) is 6.11. The smallest absolute Gasteiger partial charge is 0.252 e. The highest BCUT2D eigenvalue weighted by Crippen LogP contribution is 2.41. The lowest BCUT2D eigenvalue weighted by Crippen LogP contribution is -2.33. The quantitative estimate of drug-likeness (QED) is 0.899. The lowest BCUT2D eigenvalue weighted by atomic mass is 9.98. The molecule has 3 atom stereocenters. The van der Waals surface area contributed by atoms with Crippen molar-refractivity contribution >= 4 is 43.0 Å². The van der Waals surface area contributed by atoms with E-state index in [-0.39, 0.29) is 6.04 Å². The summed E-state index contributed by atoms with van der Waals surface area (Å²) in [5.74, 6) is 0.743. The zero-order valence-corrected chi connectivity index (χ0v) is 14.3. The lowest BCUT2D eigenvalue weighted by molar-refractivity contribution is 0.428. The molecular weight excluding hydrogens is 340 g/mol. The Morgan fingerprint density at radius 1 is 1.23 bits per heavy atom. The Bertz CT molecular complexity index is 833. The van der Waals surface area contributed by atoms with E-state index in [9.17, 15) is 8.42 Å². The second kappa shape index (κ2) is 5.18. The van der Waals surface area contributed by atoms with Crippen LogP contribution in [0.4, 0.5) is 0 Å². The first-order chi connectivity index (χ1) is 10.4. The molecule has 2 aliphatic rings. The Hall–Kier alpha value is -0.660. The van der Waals surface area contributed by atoms with Crippen molar-refractivity contribution in [3.63, 3.8) is 0 Å². The summed E-state index contributed by atoms with van der Waals surface area (Å²) in [6.07, 6.45) is 2.06. The molecule has 2 heterocycles. The van der Waals surface area contributed by atoms with Crippen LogP contribution < -0.4 is 5.73 Å². The van der Waals surface area contributed by atoms with Gasteiger partial charge in [-0.1, -0.05) is 11.6 Å². The number of sulfonamides is 1. The van der Waals surface area contributed by atoms with Gasteiger partial charge >= 0.3 is 0 Å². The molecule has 1 aliphatic heterocycles. The summed E-state index contributed by atoms with van der Waals surface area (Å²) in [4.78, 5) is 0. The van der Waals surface area contributed by atoms with E-state index in [1.807, 2.05) is 6.07 Å². The standard InChI is InChI=1S/C15H17ClN2O2S2/c16-11-2-4-14-10(5-11)6-15(21-14)22(19,20)18-7-9-1-3-13(17)12(9)8-18/h2,4-6,9,12-13H,1,3,7-8,17H2. The van der Waals surface area contributed by atoms with Crippen LogP contribution >= 0.6 is 22.9 Å². The molecule has 4 rings (SSSR count). The molecule has 1 saturated carbocycles. The van der Waals surface area contributed by atoms with Gasteiger partial charge in [0.15, 0.2) is 0 Å². The summed E-state index contributed by atoms with van der Waals surface area (Å²) in [7, 11) is -3.43. The first kappa shape index (κ1) is 14.9. The molecular formula is C15H17ClN2O2S2. The molecule has 0 bridgehead atoms. The average Bonchev–Trinajstić information content (AvgIpc) is 3.14. The van der Waals surface area contributed by atoms with Crippen molar-refractivity contribution in [1.29, 1.82) is 0 Å². The molecule has 2 fully saturated rings. The number of nitrogens with zero attached hydrogens (tertiary/aromatic N) is 1. The van der Waals surface area contributed by atoms with Crippen molar-refractivity contribution in [1.82, 2.24) is 4.31 Å². The van der Waals surface area contributed by atoms with E-state index in [0.717, 1.165) is 22.9 Å². The fraction of sp³-hybridized carbons (Fsp3) is 0.467. The SMILES string of the molecule is NC1CCC2CN(S(=O)(=O)c3cc4cc(Cl)ccc4s3)CC12. The lowest BCUT2D eigenvalue weighted by Gasteiger charge is -2.17. The topological polar surface area (TPSA) is 63.4 Å². The van der Waals surface area contributed by atoms with Crippen molar-refractivity contribution in [3.8, 4) is 0 Å². The highest BCUT2D eigenvalue weighted by atomic mass is 35.5. The highest BCUT2D eigenvalue weighted by molar-refractivity contribution is 7.91. The minimum Gasteiger partial charge on any atom is -0.327 e. The predicted molar refractivity (Wildman–Crippen MR) is 89.8 cm³/mol. The van der Waals surface area contributed by atoms with Crippen LogP contribution in [-0.4, -0.2) is 31.9 Å². The van der Waals surface area contributed by atoms with Gasteiger partial charge in [-0.3, -0.25) is 0 Å². The number of halogens is 1. The van der Waals surface area contributed by atoms with Crippen LogP contribution in [0.1, 0.15) is 12.8 Å². The van der Waals surface area contributed by atoms with Gasteiger partial charge in [0.1, 0.15) is 4.21 Å². The number of hydrogen-bond acceptors (Lipinski definition) is 4. The fourth-order valence-electron chi connectivity index (χ4n) is 3.71. The maximum atomic E-state index is 12.9. The zero-order valence-electron chi connectivity index (χ0n) is 11.9. The Labute approximate surface area is 138 Å². The molecule has 0 radical (unpaired) electrons. The molecule has 3 unspecified atom stereocenters. The number of benzene rings is 1. The van der Waals surface area contributed by atoms with Gasteiger partial charge in [0.25, 0.3) is 10.0 Å². The fourth-order valence-corrected chi connectivity index (χ4v) is 6.96. The zero-order chi connectivity index (χ0) is 15.5. The maximum absolute atomic E-state index is 12.9. The highest BCUT2D eigenvalue weighted by Gasteiger charge is 2.45. The van der Waals surface area contributed by atoms with Crippen LogP contribution in [0.3, 0.4) is 0 Å². The predicted octanol–water partition coefficient (Wildman–Crippen LogP) is 2.91. The molecule has 0 amide bonds. The minimum absolute atomic E-state index is 0.145. The number of thiophene rings is 1. The summed E-state index contributed by atoms with van der Waals surface area (Å²) >= 11 is 7.29. The van der Waals surface area contributed by atoms with E-state index in [0.29, 0.717) is 34.2 Å². The second-order valence-electron chi connectivity index (χ2n) is 6.23. The first-order valence-electron chi connectivity index (χ1n) is 7.40. The third kappa shape index (κ3) is 2.29. The molecule has 1 saturated heterocycles. The Morgan fingerprint density at radius 2 is 2.05 bits per heavy atom. The number of hydrogen-bond donors (Lipinski definition) is 1. The monoisotopic (exact) mass is 356 g/mol. The number of nitrogens with two attached hydrogens (primary N) is 1. The molecule has 1 aromatic heterocycles. The van der Waals surface area contributed by atoms with E-state index in [1.165, 1.54) is 11.3 Å². The van der Waals surface area contributed by atoms with E-state index in [4.69, 9.17) is 17.3 Å². The normalized spacial score (nSPS) is 29.3. The van der Waals surface area contributed by atoms with Gasteiger partial charge in [0.05, 0.1) is 0 Å². The van der Waals surface area contributed by atoms with Gasteiger partial charge in [-0.05, 0) is 54.3 Å². The molecule has 2 aromatic rings. The van der Waals surface area contributed by atoms with E-state index < -0.39 is 10.0 Å². The number of fused-ring (bicyclic) bond motifs is 2. The van der Waals surface area contributed by atoms with Crippen LogP contribution in [0.25, 0.3) is 10.1 Å². The molecule has 2 N–H and O–H groups in total. The molecule has 4 nitrogen and oxygen atoms in total. The van der Waals surface area contributed by atoms with E-state index in [1.54, 1.807) is 22.5 Å². The van der Waals surface area contributed by atoms with Crippen molar-refractivity contribution in [3.05, 3.63) is 29.3 Å². The average molecular weight is 357 g/mol. The molecule has 22 heavy (non-hydrogen) atoms. The minimum atomic E-state index is -3.43. The van der Waals surface area contributed by atoms with Crippen LogP contribution in [0.2, 0.25) is 5.02 Å². The van der Waals surface area contributed by atoms with Crippen molar-refractivity contribution in [2.24, 2.45) is 17.6 Å². The second-order valence-corrected chi connectivity index (χ2v) is 9.92. The van der Waals surface area contributed by atoms with Gasteiger partial charge in [-0.25, -0.2) is 8.42 Å². The van der Waals surface area contributed by atoms with Gasteiger partial charge in [0.2, 0.25) is 0 Å². The first-order valence-corrected chi connectivity index (χ1v) is 10.0. The summed E-state index contributed by atoms with van der Waals surface area (Å²) in [6.45, 7) is 1.17. The van der Waals surface area contributed by atoms with Crippen molar-refractivity contribution in [2.75, 3.05) is 13.1 Å². The third-order valence-electron chi connectivity index (χ3n) is 4.93. The van der Waals surface area contributed by atoms with Crippen molar-refractivity contribution in [2.45, 2.75) is 23.1 Å². The van der Waals surface area contributed by atoms with Crippen LogP contribution in [-0.2, 0) is 10.0 Å². The summed E-state index contributed by atoms with van der Waals surface area (Å²) in [6, 6.07) is 7.34. The molecule has 1 aromatic carbocycles. The van der Waals surface area contributed by atoms with E-state index >= 15 is 0 Å². The summed E-state index contributed by atoms with van der Waals surface area (Å²) in [5, 5.41) is 1.50. The largest absolute Gasteiger partial charge is 0.327 e. The Balaban J connectivity index is 1.68. The Morgan fingerprint density at radius 3 is 2.82 bits per heavy atom. The summed E-state index contributed by atoms with van der Waals surface area (Å²) < 4.78 is 28.7. The Kier molecular flexibility index (Phi) is 3.51. The van der Waals surface area contributed by atoms with Gasteiger partial charge < -0.3 is 5.73 Å².